The van der Waals surface area contributed by atoms with Gasteiger partial charge in [0.25, 0.3) is 0 Å². The number of nitrogens with zero attached hydrogens (tertiary/aromatic N) is 1. The van der Waals surface area contributed by atoms with Crippen LogP contribution in [0.1, 0.15) is 48.0 Å². The maximum absolute atomic E-state index is 11.9. The van der Waals surface area contributed by atoms with E-state index in [2.05, 4.69) is 59.5 Å². The zero-order valence-electron chi connectivity index (χ0n) is 14.4. The fourth-order valence-corrected chi connectivity index (χ4v) is 3.89. The third-order valence-electron chi connectivity index (χ3n) is 4.75. The fourth-order valence-electron chi connectivity index (χ4n) is 2.53. The normalized spacial score (nSPS) is 26.0. The number of hydrogen-bond acceptors (Lipinski definition) is 3. The zero-order chi connectivity index (χ0) is 15.9. The Morgan fingerprint density at radius 3 is 2.05 bits per heavy atom. The van der Waals surface area contributed by atoms with Crippen molar-refractivity contribution in [3.8, 4) is 0 Å². The van der Waals surface area contributed by atoms with Gasteiger partial charge in [-0.3, -0.25) is 9.69 Å². The first kappa shape index (κ1) is 17.7. The summed E-state index contributed by atoms with van der Waals surface area (Å²) in [5, 5.41) is 0.143. The molecule has 1 heterocycles. The summed E-state index contributed by atoms with van der Waals surface area (Å²) in [7, 11) is -1.88. The quantitative estimate of drug-likeness (QED) is 0.815. The van der Waals surface area contributed by atoms with Crippen molar-refractivity contribution in [3.05, 3.63) is 0 Å². The van der Waals surface area contributed by atoms with Crippen LogP contribution < -0.4 is 5.73 Å². The smallest absolute Gasteiger partial charge is 0.237 e. The summed E-state index contributed by atoms with van der Waals surface area (Å²) in [5.41, 5.74) is 5.59. The highest BCUT2D eigenvalue weighted by atomic mass is 28.4. The van der Waals surface area contributed by atoms with E-state index in [0.29, 0.717) is 0 Å². The van der Waals surface area contributed by atoms with Crippen LogP contribution >= 0.6 is 0 Å². The minimum Gasteiger partial charge on any atom is -0.412 e. The molecule has 0 aliphatic carbocycles. The van der Waals surface area contributed by atoms with Crippen molar-refractivity contribution < 1.29 is 9.22 Å². The van der Waals surface area contributed by atoms with Gasteiger partial charge in [-0.1, -0.05) is 20.8 Å². The molecule has 1 amide bonds. The molecule has 1 aliphatic rings. The Hall–Kier alpha value is -0.393. The molecule has 5 heteroatoms. The van der Waals surface area contributed by atoms with Crippen molar-refractivity contribution in [2.24, 2.45) is 5.73 Å². The minimum absolute atomic E-state index is 0.0624. The number of hydrogen-bond donors (Lipinski definition) is 1. The monoisotopic (exact) mass is 300 g/mol. The van der Waals surface area contributed by atoms with Gasteiger partial charge in [0.1, 0.15) is 6.04 Å². The SMILES string of the molecule is CC(C)(C)N1CCC(O[Si](C)(C)C(C)(C)C)[C@H]1C(N)=O. The van der Waals surface area contributed by atoms with Gasteiger partial charge in [-0.2, -0.15) is 0 Å². The van der Waals surface area contributed by atoms with Crippen molar-refractivity contribution >= 4 is 14.2 Å². The number of amides is 1. The van der Waals surface area contributed by atoms with Crippen molar-refractivity contribution in [3.63, 3.8) is 0 Å². The van der Waals surface area contributed by atoms with Gasteiger partial charge >= 0.3 is 0 Å². The number of nitrogens with two attached hydrogens (primary N) is 1. The number of carbonyl (C=O) groups excluding carboxylic acids is 1. The van der Waals surface area contributed by atoms with Crippen LogP contribution in [0.4, 0.5) is 0 Å². The molecule has 0 aromatic rings. The second kappa shape index (κ2) is 5.43. The average Bonchev–Trinajstić information content (AvgIpc) is 2.57. The highest BCUT2D eigenvalue weighted by molar-refractivity contribution is 6.74. The van der Waals surface area contributed by atoms with Gasteiger partial charge in [-0.25, -0.2) is 0 Å². The lowest BCUT2D eigenvalue weighted by Gasteiger charge is -2.41. The van der Waals surface area contributed by atoms with E-state index in [1.807, 2.05) is 0 Å². The maximum atomic E-state index is 11.9. The Kier molecular flexibility index (Phi) is 4.79. The molecule has 1 saturated heterocycles. The average molecular weight is 301 g/mol. The van der Waals surface area contributed by atoms with Crippen LogP contribution in [-0.2, 0) is 9.22 Å². The zero-order valence-corrected chi connectivity index (χ0v) is 15.4. The molecule has 1 aliphatic heterocycles. The number of primary amides is 1. The van der Waals surface area contributed by atoms with Crippen LogP contribution in [-0.4, -0.2) is 43.4 Å². The van der Waals surface area contributed by atoms with E-state index < -0.39 is 8.32 Å². The van der Waals surface area contributed by atoms with Crippen LogP contribution in [0.5, 0.6) is 0 Å². The molecule has 1 rings (SSSR count). The summed E-state index contributed by atoms with van der Waals surface area (Å²) < 4.78 is 6.46. The van der Waals surface area contributed by atoms with Gasteiger partial charge in [0.05, 0.1) is 6.10 Å². The molecule has 2 atom stereocenters. The van der Waals surface area contributed by atoms with Crippen molar-refractivity contribution in [2.45, 2.75) is 83.8 Å². The first-order chi connectivity index (χ1) is 8.77. The predicted octanol–water partition coefficient (Wildman–Crippen LogP) is 2.73. The molecule has 1 fully saturated rings. The van der Waals surface area contributed by atoms with Crippen molar-refractivity contribution in [1.29, 1.82) is 0 Å². The largest absolute Gasteiger partial charge is 0.412 e. The molecule has 1 unspecified atom stereocenters. The summed E-state index contributed by atoms with van der Waals surface area (Å²) in [6.07, 6.45) is 0.824. The highest BCUT2D eigenvalue weighted by Gasteiger charge is 2.48. The van der Waals surface area contributed by atoms with Gasteiger partial charge in [0.2, 0.25) is 5.91 Å². The molecule has 4 nitrogen and oxygen atoms in total. The minimum atomic E-state index is -1.88. The standard InChI is InChI=1S/C15H32N2O2Si/c1-14(2,3)17-10-9-11(12(17)13(16)18)19-20(7,8)15(4,5)6/h11-12H,9-10H2,1-8H3,(H2,16,18)/t11?,12-/m0/s1. The lowest BCUT2D eigenvalue weighted by atomic mass is 10.0. The number of likely N-dealkylation sites (tertiary alicyclic amines) is 1. The molecule has 0 spiro atoms. The van der Waals surface area contributed by atoms with E-state index in [1.165, 1.54) is 0 Å². The van der Waals surface area contributed by atoms with E-state index in [4.69, 9.17) is 10.2 Å². The topological polar surface area (TPSA) is 55.6 Å². The van der Waals surface area contributed by atoms with Gasteiger partial charge in [0.15, 0.2) is 8.32 Å². The third kappa shape index (κ3) is 3.62. The Morgan fingerprint density at radius 2 is 1.70 bits per heavy atom. The van der Waals surface area contributed by atoms with Crippen LogP contribution in [0.3, 0.4) is 0 Å². The van der Waals surface area contributed by atoms with Gasteiger partial charge in [-0.15, -0.1) is 0 Å². The molecule has 0 radical (unpaired) electrons. The van der Waals surface area contributed by atoms with E-state index in [0.717, 1.165) is 13.0 Å². The van der Waals surface area contributed by atoms with Crippen molar-refractivity contribution in [1.82, 2.24) is 4.90 Å². The Balaban J connectivity index is 2.95. The van der Waals surface area contributed by atoms with Crippen LogP contribution in [0.25, 0.3) is 0 Å². The Morgan fingerprint density at radius 1 is 1.20 bits per heavy atom. The van der Waals surface area contributed by atoms with E-state index in [-0.39, 0.29) is 28.6 Å². The number of carbonyl (C=O) groups is 1. The van der Waals surface area contributed by atoms with Crippen LogP contribution in [0, 0.1) is 0 Å². The Labute approximate surface area is 125 Å². The van der Waals surface area contributed by atoms with Crippen molar-refractivity contribution in [2.75, 3.05) is 6.54 Å². The first-order valence-electron chi connectivity index (χ1n) is 7.51. The van der Waals surface area contributed by atoms with Crippen LogP contribution in [0.15, 0.2) is 0 Å². The van der Waals surface area contributed by atoms with Gasteiger partial charge in [0, 0.05) is 12.1 Å². The summed E-state index contributed by atoms with van der Waals surface area (Å²) in [6.45, 7) is 18.3. The van der Waals surface area contributed by atoms with E-state index in [1.54, 1.807) is 0 Å². The second-order valence-electron chi connectivity index (χ2n) is 8.42. The summed E-state index contributed by atoms with van der Waals surface area (Å²) >= 11 is 0. The highest BCUT2D eigenvalue weighted by Crippen LogP contribution is 2.40. The second-order valence-corrected chi connectivity index (χ2v) is 13.2. The van der Waals surface area contributed by atoms with Gasteiger partial charge < -0.3 is 10.2 Å². The molecule has 0 saturated carbocycles. The lowest BCUT2D eigenvalue weighted by Crippen LogP contribution is -2.56. The summed E-state index contributed by atoms with van der Waals surface area (Å²) in [5.74, 6) is -0.263. The predicted molar refractivity (Wildman–Crippen MR) is 86.1 cm³/mol. The number of rotatable bonds is 3. The van der Waals surface area contributed by atoms with E-state index >= 15 is 0 Å². The molecule has 20 heavy (non-hydrogen) atoms. The maximum Gasteiger partial charge on any atom is 0.237 e. The molecule has 0 aromatic heterocycles. The third-order valence-corrected chi connectivity index (χ3v) is 9.25. The van der Waals surface area contributed by atoms with Gasteiger partial charge in [-0.05, 0) is 45.3 Å². The first-order valence-corrected chi connectivity index (χ1v) is 10.4. The molecule has 0 bridgehead atoms. The van der Waals surface area contributed by atoms with Crippen LogP contribution in [0.2, 0.25) is 18.1 Å². The fraction of sp³-hybridized carbons (Fsp3) is 0.933. The summed E-state index contributed by atoms with van der Waals surface area (Å²) in [6, 6.07) is -0.302. The summed E-state index contributed by atoms with van der Waals surface area (Å²) in [4.78, 5) is 14.1. The molecular weight excluding hydrogens is 268 g/mol. The molecule has 118 valence electrons. The molecule has 2 N–H and O–H groups in total. The lowest BCUT2D eigenvalue weighted by molar-refractivity contribution is -0.126. The molecular formula is C15H32N2O2Si. The Bertz CT molecular complexity index is 369. The molecule has 0 aromatic carbocycles. The van der Waals surface area contributed by atoms with E-state index in [9.17, 15) is 4.79 Å².